The number of carboxylic acids is 2. The van der Waals surface area contributed by atoms with Gasteiger partial charge in [0.05, 0.1) is 11.6 Å². The van der Waals surface area contributed by atoms with E-state index in [1.54, 1.807) is 18.6 Å². The molecule has 170 valence electrons. The Morgan fingerprint density at radius 2 is 1.77 bits per heavy atom. The average molecular weight is 489 g/mol. The molecule has 1 aromatic heterocycles. The number of imidazole rings is 1. The summed E-state index contributed by atoms with van der Waals surface area (Å²) in [4.78, 5) is 34.7. The van der Waals surface area contributed by atoms with Crippen LogP contribution >= 0.6 is 35.0 Å². The third-order valence-corrected chi connectivity index (χ3v) is 5.90. The first kappa shape index (κ1) is 27.0. The number of thioether (sulfide) groups is 1. The summed E-state index contributed by atoms with van der Waals surface area (Å²) in [7, 11) is 0. The number of carbonyl (C=O) groups is 3. The SMILES string of the molecule is CCCCCCCC(=O)SC(Cn1ccnc1)c1ccc(Cl)cc1Cl.O=C(O)C(=O)O. The van der Waals surface area contributed by atoms with Gasteiger partial charge < -0.3 is 14.8 Å². The summed E-state index contributed by atoms with van der Waals surface area (Å²) >= 11 is 13.7. The van der Waals surface area contributed by atoms with Crippen LogP contribution in [0, 0.1) is 0 Å². The molecule has 2 N–H and O–H groups in total. The quantitative estimate of drug-likeness (QED) is 0.325. The Hall–Kier alpha value is -2.03. The van der Waals surface area contributed by atoms with Crippen LogP contribution in [0.1, 0.15) is 56.3 Å². The molecule has 10 heteroatoms. The van der Waals surface area contributed by atoms with E-state index in [0.29, 0.717) is 23.0 Å². The van der Waals surface area contributed by atoms with Crippen LogP contribution in [0.25, 0.3) is 0 Å². The lowest BCUT2D eigenvalue weighted by atomic mass is 10.1. The highest BCUT2D eigenvalue weighted by Gasteiger charge is 2.20. The highest BCUT2D eigenvalue weighted by Crippen LogP contribution is 2.37. The van der Waals surface area contributed by atoms with Gasteiger partial charge in [-0.15, -0.1) is 0 Å². The molecule has 1 unspecified atom stereocenters. The Labute approximate surface area is 195 Å². The molecule has 0 aliphatic rings. The molecule has 31 heavy (non-hydrogen) atoms. The van der Waals surface area contributed by atoms with E-state index in [1.807, 2.05) is 22.9 Å². The summed E-state index contributed by atoms with van der Waals surface area (Å²) in [6, 6.07) is 5.46. The van der Waals surface area contributed by atoms with Gasteiger partial charge in [0, 0.05) is 35.4 Å². The van der Waals surface area contributed by atoms with Crippen molar-refractivity contribution in [1.82, 2.24) is 9.55 Å². The van der Waals surface area contributed by atoms with E-state index in [4.69, 9.17) is 43.0 Å². The molecule has 0 spiro atoms. The monoisotopic (exact) mass is 488 g/mol. The highest BCUT2D eigenvalue weighted by atomic mass is 35.5. The minimum atomic E-state index is -1.82. The number of hydrogen-bond acceptors (Lipinski definition) is 5. The number of hydrogen-bond donors (Lipinski definition) is 2. The molecule has 0 saturated carbocycles. The molecule has 0 amide bonds. The van der Waals surface area contributed by atoms with Crippen molar-refractivity contribution in [2.45, 2.75) is 57.2 Å². The summed E-state index contributed by atoms with van der Waals surface area (Å²) in [5.74, 6) is -3.65. The molecule has 0 bridgehead atoms. The second-order valence-corrected chi connectivity index (χ2v) is 8.78. The number of unbranched alkanes of at least 4 members (excludes halogenated alkanes) is 4. The molecule has 2 aromatic rings. The van der Waals surface area contributed by atoms with Crippen molar-refractivity contribution in [2.24, 2.45) is 0 Å². The van der Waals surface area contributed by atoms with Crippen molar-refractivity contribution in [1.29, 1.82) is 0 Å². The zero-order valence-corrected chi connectivity index (χ0v) is 19.5. The van der Waals surface area contributed by atoms with Crippen molar-refractivity contribution in [2.75, 3.05) is 0 Å². The molecule has 0 saturated heterocycles. The molecule has 0 aliphatic carbocycles. The van der Waals surface area contributed by atoms with Crippen LogP contribution < -0.4 is 0 Å². The predicted octanol–water partition coefficient (Wildman–Crippen LogP) is 5.71. The molecule has 7 nitrogen and oxygen atoms in total. The van der Waals surface area contributed by atoms with E-state index in [2.05, 4.69) is 11.9 Å². The third-order valence-electron chi connectivity index (χ3n) is 4.19. The van der Waals surface area contributed by atoms with E-state index in [9.17, 15) is 4.79 Å². The van der Waals surface area contributed by atoms with Gasteiger partial charge in [0.15, 0.2) is 5.12 Å². The maximum absolute atomic E-state index is 12.4. The maximum atomic E-state index is 12.4. The van der Waals surface area contributed by atoms with Crippen LogP contribution in [0.15, 0.2) is 36.9 Å². The molecule has 1 atom stereocenters. The molecule has 0 fully saturated rings. The van der Waals surface area contributed by atoms with Gasteiger partial charge in [-0.05, 0) is 24.1 Å². The third kappa shape index (κ3) is 11.2. The van der Waals surface area contributed by atoms with E-state index in [0.717, 1.165) is 18.4 Å². The number of nitrogens with zero attached hydrogens (tertiary/aromatic N) is 2. The van der Waals surface area contributed by atoms with Crippen LogP contribution in [-0.4, -0.2) is 36.8 Å². The maximum Gasteiger partial charge on any atom is 0.414 e. The number of halogens is 2. The molecule has 1 aromatic carbocycles. The summed E-state index contributed by atoms with van der Waals surface area (Å²) in [5, 5.41) is 16.1. The number of aromatic nitrogens is 2. The standard InChI is InChI=1S/C19H24Cl2N2OS.C2H2O4/c1-2-3-4-5-6-7-19(24)25-18(13-23-11-10-22-14-23)16-9-8-15(20)12-17(16)21;3-1(4)2(5)6/h8-12,14,18H,2-7,13H2,1H3;(H,3,4)(H,5,6). The fraction of sp³-hybridized carbons (Fsp3) is 0.429. The number of benzene rings is 1. The average Bonchev–Trinajstić information content (AvgIpc) is 3.21. The van der Waals surface area contributed by atoms with E-state index in [-0.39, 0.29) is 10.4 Å². The zero-order chi connectivity index (χ0) is 23.2. The zero-order valence-electron chi connectivity index (χ0n) is 17.2. The molecular formula is C21H26Cl2N2O5S. The Morgan fingerprint density at radius 3 is 2.32 bits per heavy atom. The topological polar surface area (TPSA) is 109 Å². The van der Waals surface area contributed by atoms with Crippen molar-refractivity contribution in [3.8, 4) is 0 Å². The number of aliphatic carboxylic acids is 2. The van der Waals surface area contributed by atoms with E-state index < -0.39 is 11.9 Å². The second kappa shape index (κ2) is 14.9. The fourth-order valence-corrected chi connectivity index (χ4v) is 4.40. The number of rotatable bonds is 10. The Bertz CT molecular complexity index is 834. The van der Waals surface area contributed by atoms with Crippen molar-refractivity contribution in [3.05, 3.63) is 52.5 Å². The Balaban J connectivity index is 0.000000703. The lowest BCUT2D eigenvalue weighted by Crippen LogP contribution is -2.09. The van der Waals surface area contributed by atoms with Gasteiger partial charge in [0.2, 0.25) is 0 Å². The smallest absolute Gasteiger partial charge is 0.414 e. The second-order valence-electron chi connectivity index (χ2n) is 6.68. The van der Waals surface area contributed by atoms with Crippen molar-refractivity contribution < 1.29 is 24.6 Å². The van der Waals surface area contributed by atoms with Crippen LogP contribution in [0.2, 0.25) is 10.0 Å². The lowest BCUT2D eigenvalue weighted by Gasteiger charge is -2.18. The van der Waals surface area contributed by atoms with Gasteiger partial charge in [-0.1, -0.05) is 73.6 Å². The first-order chi connectivity index (χ1) is 14.7. The summed E-state index contributed by atoms with van der Waals surface area (Å²) in [6.07, 6.45) is 11.7. The molecule has 0 radical (unpaired) electrons. The first-order valence-electron chi connectivity index (χ1n) is 9.81. The normalized spacial score (nSPS) is 11.3. The van der Waals surface area contributed by atoms with Gasteiger partial charge >= 0.3 is 11.9 Å². The minimum Gasteiger partial charge on any atom is -0.473 e. The summed E-state index contributed by atoms with van der Waals surface area (Å²) in [5.41, 5.74) is 0.934. The van der Waals surface area contributed by atoms with Crippen LogP contribution in [-0.2, 0) is 20.9 Å². The first-order valence-corrected chi connectivity index (χ1v) is 11.4. The van der Waals surface area contributed by atoms with E-state index >= 15 is 0 Å². The van der Waals surface area contributed by atoms with Crippen LogP contribution in [0.4, 0.5) is 0 Å². The number of carbonyl (C=O) groups excluding carboxylic acids is 1. The Kier molecular flexibility index (Phi) is 13.0. The predicted molar refractivity (Wildman–Crippen MR) is 123 cm³/mol. The molecular weight excluding hydrogens is 463 g/mol. The highest BCUT2D eigenvalue weighted by molar-refractivity contribution is 8.13. The van der Waals surface area contributed by atoms with Gasteiger partial charge in [-0.25, -0.2) is 14.6 Å². The van der Waals surface area contributed by atoms with Crippen LogP contribution in [0.5, 0.6) is 0 Å². The molecule has 0 aliphatic heterocycles. The fourth-order valence-electron chi connectivity index (χ4n) is 2.64. The van der Waals surface area contributed by atoms with Gasteiger partial charge in [-0.2, -0.15) is 0 Å². The number of carboxylic acid groups (broad SMARTS) is 2. The molecule has 2 rings (SSSR count). The summed E-state index contributed by atoms with van der Waals surface area (Å²) in [6.45, 7) is 2.84. The van der Waals surface area contributed by atoms with Crippen molar-refractivity contribution >= 4 is 52.0 Å². The van der Waals surface area contributed by atoms with Crippen LogP contribution in [0.3, 0.4) is 0 Å². The van der Waals surface area contributed by atoms with Gasteiger partial charge in [0.1, 0.15) is 0 Å². The molecule has 1 heterocycles. The van der Waals surface area contributed by atoms with Gasteiger partial charge in [0.25, 0.3) is 0 Å². The van der Waals surface area contributed by atoms with E-state index in [1.165, 1.54) is 31.0 Å². The minimum absolute atomic E-state index is 0.0536. The largest absolute Gasteiger partial charge is 0.473 e. The Morgan fingerprint density at radius 1 is 1.10 bits per heavy atom. The summed E-state index contributed by atoms with van der Waals surface area (Å²) < 4.78 is 1.97. The van der Waals surface area contributed by atoms with Gasteiger partial charge in [-0.3, -0.25) is 4.79 Å². The van der Waals surface area contributed by atoms with Crippen molar-refractivity contribution in [3.63, 3.8) is 0 Å². The lowest BCUT2D eigenvalue weighted by molar-refractivity contribution is -0.159.